The normalized spacial score (nSPS) is 11.5. The summed E-state index contributed by atoms with van der Waals surface area (Å²) in [4.78, 5) is 30.4. The highest BCUT2D eigenvalue weighted by Crippen LogP contribution is 2.22. The quantitative estimate of drug-likeness (QED) is 0.339. The van der Waals surface area contributed by atoms with Crippen LogP contribution < -0.4 is 16.7 Å². The Hall–Kier alpha value is -3.07. The zero-order valence-corrected chi connectivity index (χ0v) is 19.3. The fraction of sp³-hybridized carbons (Fsp3) is 0.143. The number of anilines is 1. The fourth-order valence-corrected chi connectivity index (χ4v) is 3.86. The molecule has 1 N–H and O–H groups in total. The maximum absolute atomic E-state index is 13.2. The Kier molecular flexibility index (Phi) is 6.10. The molecule has 2 aromatic heterocycles. The summed E-state index contributed by atoms with van der Waals surface area (Å²) < 4.78 is 4.03. The Balaban J connectivity index is 1.73. The van der Waals surface area contributed by atoms with Crippen molar-refractivity contribution in [2.45, 2.75) is 6.54 Å². The van der Waals surface area contributed by atoms with Gasteiger partial charge in [0, 0.05) is 24.7 Å². The van der Waals surface area contributed by atoms with Crippen molar-refractivity contribution in [1.29, 1.82) is 0 Å². The van der Waals surface area contributed by atoms with Crippen LogP contribution in [0.5, 0.6) is 0 Å². The van der Waals surface area contributed by atoms with Crippen molar-refractivity contribution < 1.29 is 0 Å². The lowest BCUT2D eigenvalue weighted by Gasteiger charge is -2.09. The Bertz CT molecular complexity index is 1450. The predicted molar refractivity (Wildman–Crippen MR) is 128 cm³/mol. The lowest BCUT2D eigenvalue weighted by molar-refractivity contribution is 0.655. The number of halogens is 3. The molecule has 0 bridgehead atoms. The van der Waals surface area contributed by atoms with Gasteiger partial charge < -0.3 is 4.57 Å². The van der Waals surface area contributed by atoms with Crippen LogP contribution in [0.2, 0.25) is 15.1 Å². The van der Waals surface area contributed by atoms with Crippen molar-refractivity contribution in [3.8, 4) is 0 Å². The van der Waals surface area contributed by atoms with E-state index in [0.717, 1.165) is 10.1 Å². The molecule has 0 fully saturated rings. The molecule has 0 saturated carbocycles. The van der Waals surface area contributed by atoms with Crippen molar-refractivity contribution in [1.82, 2.24) is 18.7 Å². The number of nitrogens with one attached hydrogen (secondary N) is 1. The van der Waals surface area contributed by atoms with Gasteiger partial charge in [0.15, 0.2) is 11.2 Å². The first kappa shape index (κ1) is 22.1. The molecule has 0 amide bonds. The third-order valence-corrected chi connectivity index (χ3v) is 5.88. The van der Waals surface area contributed by atoms with Gasteiger partial charge in [0.1, 0.15) is 0 Å². The Morgan fingerprint density at radius 2 is 1.66 bits per heavy atom. The molecule has 8 nitrogen and oxygen atoms in total. The summed E-state index contributed by atoms with van der Waals surface area (Å²) in [6.07, 6.45) is 1.46. The van der Waals surface area contributed by atoms with Crippen LogP contribution in [0, 0.1) is 0 Å². The molecule has 2 heterocycles. The Labute approximate surface area is 197 Å². The van der Waals surface area contributed by atoms with E-state index in [1.807, 2.05) is 0 Å². The number of nitrogens with zero attached hydrogens (tertiary/aromatic N) is 5. The number of aromatic nitrogens is 4. The third kappa shape index (κ3) is 4.04. The second-order valence-corrected chi connectivity index (χ2v) is 8.28. The molecule has 0 radical (unpaired) electrons. The largest absolute Gasteiger partial charge is 0.332 e. The Morgan fingerprint density at radius 1 is 1.00 bits per heavy atom. The molecule has 0 aliphatic carbocycles. The third-order valence-electron chi connectivity index (χ3n) is 4.97. The summed E-state index contributed by atoms with van der Waals surface area (Å²) in [5.41, 5.74) is 3.66. The molecule has 0 unspecified atom stereocenters. The fourth-order valence-electron chi connectivity index (χ4n) is 3.24. The van der Waals surface area contributed by atoms with Gasteiger partial charge in [0.25, 0.3) is 5.56 Å². The molecule has 0 saturated heterocycles. The monoisotopic (exact) mass is 490 g/mol. The maximum atomic E-state index is 13.2. The number of imidazole rings is 1. The number of rotatable bonds is 5. The summed E-state index contributed by atoms with van der Waals surface area (Å²) in [7, 11) is 3.22. The first-order valence-electron chi connectivity index (χ1n) is 9.41. The van der Waals surface area contributed by atoms with E-state index >= 15 is 0 Å². The summed E-state index contributed by atoms with van der Waals surface area (Å²) in [6.45, 7) is 0.107. The molecule has 0 atom stereocenters. The molecule has 11 heteroatoms. The number of aryl methyl sites for hydroxylation is 2. The van der Waals surface area contributed by atoms with Crippen LogP contribution in [0.4, 0.5) is 5.95 Å². The lowest BCUT2D eigenvalue weighted by Crippen LogP contribution is -2.39. The van der Waals surface area contributed by atoms with Gasteiger partial charge in [-0.1, -0.05) is 53.0 Å². The van der Waals surface area contributed by atoms with Gasteiger partial charge in [0.2, 0.25) is 5.95 Å². The highest BCUT2D eigenvalue weighted by Gasteiger charge is 2.18. The SMILES string of the molecule is Cn1c(NN=Cc2c(Cl)cccc2Cl)nc2c1c(=O)n(Cc1ccc(Cl)cc1)c(=O)n2C. The summed E-state index contributed by atoms with van der Waals surface area (Å²) in [5, 5.41) is 5.60. The Morgan fingerprint density at radius 3 is 2.31 bits per heavy atom. The second-order valence-electron chi connectivity index (χ2n) is 7.03. The van der Waals surface area contributed by atoms with Gasteiger partial charge in [-0.15, -0.1) is 0 Å². The first-order valence-corrected chi connectivity index (χ1v) is 10.5. The zero-order valence-electron chi connectivity index (χ0n) is 17.0. The summed E-state index contributed by atoms with van der Waals surface area (Å²) >= 11 is 18.2. The van der Waals surface area contributed by atoms with Crippen molar-refractivity contribution in [2.75, 3.05) is 5.43 Å². The van der Waals surface area contributed by atoms with Crippen LogP contribution in [0.1, 0.15) is 11.1 Å². The van der Waals surface area contributed by atoms with Crippen molar-refractivity contribution in [2.24, 2.45) is 19.2 Å². The topological polar surface area (TPSA) is 86.2 Å². The van der Waals surface area contributed by atoms with E-state index in [1.54, 1.807) is 61.1 Å². The van der Waals surface area contributed by atoms with Crippen LogP contribution in [-0.4, -0.2) is 24.9 Å². The number of fused-ring (bicyclic) bond motifs is 1. The molecule has 32 heavy (non-hydrogen) atoms. The van der Waals surface area contributed by atoms with E-state index in [0.29, 0.717) is 20.6 Å². The van der Waals surface area contributed by atoms with Crippen LogP contribution in [-0.2, 0) is 20.6 Å². The van der Waals surface area contributed by atoms with Gasteiger partial charge in [-0.2, -0.15) is 10.1 Å². The van der Waals surface area contributed by atoms with Crippen LogP contribution in [0.15, 0.2) is 57.2 Å². The minimum atomic E-state index is -0.478. The predicted octanol–water partition coefficient (Wildman–Crippen LogP) is 3.89. The maximum Gasteiger partial charge on any atom is 0.332 e. The van der Waals surface area contributed by atoms with Crippen molar-refractivity contribution in [3.05, 3.63) is 89.5 Å². The van der Waals surface area contributed by atoms with Crippen LogP contribution >= 0.6 is 34.8 Å². The van der Waals surface area contributed by atoms with E-state index in [4.69, 9.17) is 34.8 Å². The molecule has 0 aliphatic rings. The van der Waals surface area contributed by atoms with Gasteiger partial charge in [-0.3, -0.25) is 13.9 Å². The average Bonchev–Trinajstić information content (AvgIpc) is 3.09. The van der Waals surface area contributed by atoms with E-state index in [1.165, 1.54) is 10.8 Å². The number of hydrogen-bond acceptors (Lipinski definition) is 5. The standard InChI is InChI=1S/C21H17Cl3N6O2/c1-28-17-18(26-20(28)27-25-10-14-15(23)4-3-5-16(14)24)29(2)21(32)30(19(17)31)11-12-6-8-13(22)9-7-12/h3-10H,11H2,1-2H3,(H,26,27). The van der Waals surface area contributed by atoms with E-state index in [9.17, 15) is 9.59 Å². The van der Waals surface area contributed by atoms with Crippen molar-refractivity contribution >= 4 is 58.1 Å². The number of benzene rings is 2. The highest BCUT2D eigenvalue weighted by molar-refractivity contribution is 6.38. The number of hydrazone groups is 1. The second kappa shape index (κ2) is 8.82. The first-order chi connectivity index (χ1) is 15.3. The summed E-state index contributed by atoms with van der Waals surface area (Å²) in [6, 6.07) is 12.1. The van der Waals surface area contributed by atoms with Gasteiger partial charge >= 0.3 is 5.69 Å². The smallest absolute Gasteiger partial charge is 0.306 e. The van der Waals surface area contributed by atoms with Crippen molar-refractivity contribution in [3.63, 3.8) is 0 Å². The molecule has 4 aromatic rings. The van der Waals surface area contributed by atoms with Gasteiger partial charge in [-0.25, -0.2) is 10.2 Å². The van der Waals surface area contributed by atoms with Gasteiger partial charge in [0.05, 0.1) is 22.8 Å². The molecular weight excluding hydrogens is 475 g/mol. The molecule has 4 rings (SSSR count). The van der Waals surface area contributed by atoms with E-state index in [-0.39, 0.29) is 23.7 Å². The lowest BCUT2D eigenvalue weighted by atomic mass is 10.2. The van der Waals surface area contributed by atoms with Gasteiger partial charge in [-0.05, 0) is 29.8 Å². The van der Waals surface area contributed by atoms with E-state index in [2.05, 4.69) is 15.5 Å². The molecule has 2 aromatic carbocycles. The molecule has 0 aliphatic heterocycles. The zero-order chi connectivity index (χ0) is 23.0. The van der Waals surface area contributed by atoms with E-state index < -0.39 is 11.2 Å². The van der Waals surface area contributed by atoms with Crippen LogP contribution in [0.3, 0.4) is 0 Å². The van der Waals surface area contributed by atoms with Crippen LogP contribution in [0.25, 0.3) is 11.2 Å². The minimum Gasteiger partial charge on any atom is -0.306 e. The number of hydrogen-bond donors (Lipinski definition) is 1. The highest BCUT2D eigenvalue weighted by atomic mass is 35.5. The molecule has 0 spiro atoms. The molecular formula is C21H17Cl3N6O2. The minimum absolute atomic E-state index is 0.107. The summed E-state index contributed by atoms with van der Waals surface area (Å²) in [5.74, 6) is 0.274. The average molecular weight is 492 g/mol. The molecule has 164 valence electrons.